The maximum Gasteiger partial charge on any atom is 0.313 e. The number of nitrogens with zero attached hydrogens (tertiary/aromatic N) is 1. The minimum Gasteiger partial charge on any atom is -0.354 e. The molecule has 0 spiro atoms. The summed E-state index contributed by atoms with van der Waals surface area (Å²) in [5, 5.41) is 7.68. The zero-order valence-corrected chi connectivity index (χ0v) is 14.0. The zero-order chi connectivity index (χ0) is 16.3. The predicted molar refractivity (Wildman–Crippen MR) is 90.0 cm³/mol. The standard InChI is InChI=1S/C16H24N4O2S/c17-15(22)19-16(5-6-16)14(21)18-10-12-3-7-20(8-4-12)11-13-2-1-9-23-13/h1-2,9,12H,3-8,10-11H2,(H,18,21)(H3,17,19,22). The van der Waals surface area contributed by atoms with Crippen molar-refractivity contribution in [3.63, 3.8) is 0 Å². The first-order chi connectivity index (χ1) is 11.1. The molecule has 1 saturated heterocycles. The molecule has 0 unspecified atom stereocenters. The van der Waals surface area contributed by atoms with Gasteiger partial charge < -0.3 is 16.4 Å². The molecule has 1 aliphatic heterocycles. The van der Waals surface area contributed by atoms with Crippen molar-refractivity contribution in [2.45, 2.75) is 37.8 Å². The number of carbonyl (C=O) groups is 2. The Bertz CT molecular complexity index is 548. The molecule has 2 fully saturated rings. The fourth-order valence-electron chi connectivity index (χ4n) is 3.15. The van der Waals surface area contributed by atoms with E-state index in [4.69, 9.17) is 5.73 Å². The van der Waals surface area contributed by atoms with Gasteiger partial charge in [-0.25, -0.2) is 4.79 Å². The predicted octanol–water partition coefficient (Wildman–Crippen LogP) is 1.28. The Morgan fingerprint density at radius 1 is 1.35 bits per heavy atom. The SMILES string of the molecule is NC(=O)NC1(C(=O)NCC2CCN(Cc3cccs3)CC2)CC1. The van der Waals surface area contributed by atoms with Crippen molar-refractivity contribution in [1.29, 1.82) is 0 Å². The molecular formula is C16H24N4O2S. The highest BCUT2D eigenvalue weighted by Gasteiger charge is 2.50. The molecule has 0 bridgehead atoms. The lowest BCUT2D eigenvalue weighted by molar-refractivity contribution is -0.124. The molecule has 126 valence electrons. The van der Waals surface area contributed by atoms with Crippen LogP contribution < -0.4 is 16.4 Å². The van der Waals surface area contributed by atoms with Gasteiger partial charge in [0.05, 0.1) is 0 Å². The number of nitrogens with two attached hydrogens (primary N) is 1. The lowest BCUT2D eigenvalue weighted by Gasteiger charge is -2.32. The van der Waals surface area contributed by atoms with Gasteiger partial charge in [-0.15, -0.1) is 11.3 Å². The van der Waals surface area contributed by atoms with Crippen molar-refractivity contribution in [2.24, 2.45) is 11.7 Å². The van der Waals surface area contributed by atoms with Crippen LogP contribution in [0.4, 0.5) is 4.79 Å². The summed E-state index contributed by atoms with van der Waals surface area (Å²) in [5.41, 5.74) is 4.40. The minimum absolute atomic E-state index is 0.0858. The molecule has 0 atom stereocenters. The molecule has 3 rings (SSSR count). The molecule has 2 heterocycles. The average molecular weight is 336 g/mol. The highest BCUT2D eigenvalue weighted by atomic mass is 32.1. The summed E-state index contributed by atoms with van der Waals surface area (Å²) >= 11 is 1.80. The van der Waals surface area contributed by atoms with Crippen LogP contribution in [-0.2, 0) is 11.3 Å². The number of nitrogens with one attached hydrogen (secondary N) is 2. The van der Waals surface area contributed by atoms with E-state index in [1.54, 1.807) is 11.3 Å². The molecule has 1 aromatic rings. The Balaban J connectivity index is 1.38. The number of urea groups is 1. The Labute approximate surface area is 140 Å². The minimum atomic E-state index is -0.730. The molecule has 2 aliphatic rings. The van der Waals surface area contributed by atoms with Crippen molar-refractivity contribution >= 4 is 23.3 Å². The second kappa shape index (κ2) is 6.88. The third kappa shape index (κ3) is 4.23. The number of likely N-dealkylation sites (tertiary alicyclic amines) is 1. The summed E-state index contributed by atoms with van der Waals surface area (Å²) in [7, 11) is 0. The summed E-state index contributed by atoms with van der Waals surface area (Å²) in [4.78, 5) is 27.0. The lowest BCUT2D eigenvalue weighted by atomic mass is 9.96. The van der Waals surface area contributed by atoms with E-state index in [1.807, 2.05) is 0 Å². The fourth-order valence-corrected chi connectivity index (χ4v) is 3.89. The fraction of sp³-hybridized carbons (Fsp3) is 0.625. The number of hydrogen-bond donors (Lipinski definition) is 3. The quantitative estimate of drug-likeness (QED) is 0.731. The monoisotopic (exact) mass is 336 g/mol. The third-order valence-electron chi connectivity index (χ3n) is 4.77. The van der Waals surface area contributed by atoms with Crippen LogP contribution in [0.15, 0.2) is 17.5 Å². The zero-order valence-electron chi connectivity index (χ0n) is 13.2. The topological polar surface area (TPSA) is 87.5 Å². The van der Waals surface area contributed by atoms with Crippen LogP contribution in [0.25, 0.3) is 0 Å². The normalized spacial score (nSPS) is 20.9. The first-order valence-corrected chi connectivity index (χ1v) is 9.06. The lowest BCUT2D eigenvalue weighted by Crippen LogP contribution is -2.51. The van der Waals surface area contributed by atoms with Gasteiger partial charge in [0.2, 0.25) is 5.91 Å². The van der Waals surface area contributed by atoms with E-state index in [-0.39, 0.29) is 5.91 Å². The van der Waals surface area contributed by atoms with Crippen molar-refractivity contribution in [1.82, 2.24) is 15.5 Å². The first-order valence-electron chi connectivity index (χ1n) is 8.18. The van der Waals surface area contributed by atoms with Crippen LogP contribution in [0.5, 0.6) is 0 Å². The average Bonchev–Trinajstić information content (AvgIpc) is 3.11. The summed E-state index contributed by atoms with van der Waals surface area (Å²) in [6.07, 6.45) is 3.56. The highest BCUT2D eigenvalue weighted by molar-refractivity contribution is 7.09. The summed E-state index contributed by atoms with van der Waals surface area (Å²) in [5.74, 6) is 0.431. The molecule has 6 nitrogen and oxygen atoms in total. The molecule has 4 N–H and O–H groups in total. The van der Waals surface area contributed by atoms with Gasteiger partial charge in [-0.2, -0.15) is 0 Å². The van der Waals surface area contributed by atoms with Gasteiger partial charge in [0, 0.05) is 18.0 Å². The number of amides is 3. The van der Waals surface area contributed by atoms with Gasteiger partial charge in [-0.1, -0.05) is 6.07 Å². The van der Waals surface area contributed by atoms with Crippen LogP contribution in [-0.4, -0.2) is 42.0 Å². The number of hydrogen-bond acceptors (Lipinski definition) is 4. The first kappa shape index (κ1) is 16.3. The maximum atomic E-state index is 12.2. The van der Waals surface area contributed by atoms with Crippen LogP contribution >= 0.6 is 11.3 Å². The van der Waals surface area contributed by atoms with E-state index in [0.717, 1.165) is 32.5 Å². The van der Waals surface area contributed by atoms with Crippen LogP contribution in [0.1, 0.15) is 30.6 Å². The molecule has 1 saturated carbocycles. The molecule has 1 aliphatic carbocycles. The van der Waals surface area contributed by atoms with Gasteiger partial charge in [0.15, 0.2) is 0 Å². The van der Waals surface area contributed by atoms with Gasteiger partial charge in [-0.05, 0) is 56.1 Å². The van der Waals surface area contributed by atoms with Gasteiger partial charge in [0.25, 0.3) is 0 Å². The van der Waals surface area contributed by atoms with E-state index >= 15 is 0 Å². The number of primary amides is 1. The third-order valence-corrected chi connectivity index (χ3v) is 5.63. The van der Waals surface area contributed by atoms with Crippen LogP contribution in [0, 0.1) is 5.92 Å². The Hall–Kier alpha value is -1.60. The number of piperidine rings is 1. The smallest absolute Gasteiger partial charge is 0.313 e. The van der Waals surface area contributed by atoms with Gasteiger partial charge in [-0.3, -0.25) is 9.69 Å². The molecule has 23 heavy (non-hydrogen) atoms. The second-order valence-electron chi connectivity index (χ2n) is 6.58. The number of rotatable bonds is 6. The number of carbonyl (C=O) groups excluding carboxylic acids is 2. The Morgan fingerprint density at radius 2 is 2.09 bits per heavy atom. The molecule has 1 aromatic heterocycles. The molecule has 0 radical (unpaired) electrons. The summed E-state index contributed by atoms with van der Waals surface area (Å²) < 4.78 is 0. The van der Waals surface area contributed by atoms with Crippen molar-refractivity contribution in [3.8, 4) is 0 Å². The Kier molecular flexibility index (Phi) is 4.87. The Morgan fingerprint density at radius 3 is 2.65 bits per heavy atom. The second-order valence-corrected chi connectivity index (χ2v) is 7.61. The van der Waals surface area contributed by atoms with E-state index < -0.39 is 11.6 Å². The van der Waals surface area contributed by atoms with Crippen LogP contribution in [0.3, 0.4) is 0 Å². The van der Waals surface area contributed by atoms with Crippen molar-refractivity contribution in [2.75, 3.05) is 19.6 Å². The molecule has 0 aromatic carbocycles. The molecular weight excluding hydrogens is 312 g/mol. The molecule has 7 heteroatoms. The summed E-state index contributed by atoms with van der Waals surface area (Å²) in [6, 6.07) is 3.65. The van der Waals surface area contributed by atoms with E-state index in [2.05, 4.69) is 33.0 Å². The van der Waals surface area contributed by atoms with Crippen molar-refractivity contribution < 1.29 is 9.59 Å². The summed E-state index contributed by atoms with van der Waals surface area (Å²) in [6.45, 7) is 3.86. The van der Waals surface area contributed by atoms with Gasteiger partial charge >= 0.3 is 6.03 Å². The van der Waals surface area contributed by atoms with E-state index in [0.29, 0.717) is 25.3 Å². The number of thiophene rings is 1. The van der Waals surface area contributed by atoms with E-state index in [9.17, 15) is 9.59 Å². The largest absolute Gasteiger partial charge is 0.354 e. The van der Waals surface area contributed by atoms with Crippen LogP contribution in [0.2, 0.25) is 0 Å². The maximum absolute atomic E-state index is 12.2. The van der Waals surface area contributed by atoms with E-state index in [1.165, 1.54) is 4.88 Å². The van der Waals surface area contributed by atoms with Gasteiger partial charge in [0.1, 0.15) is 5.54 Å². The highest BCUT2D eigenvalue weighted by Crippen LogP contribution is 2.35. The molecule has 3 amide bonds. The van der Waals surface area contributed by atoms with Crippen molar-refractivity contribution in [3.05, 3.63) is 22.4 Å².